The minimum atomic E-state index is -0.496. The van der Waals surface area contributed by atoms with Crippen LogP contribution in [0.15, 0.2) is 58.3 Å². The number of aromatic amines is 2. The summed E-state index contributed by atoms with van der Waals surface area (Å²) in [5.41, 5.74) is 0.366. The summed E-state index contributed by atoms with van der Waals surface area (Å²) in [7, 11) is 0. The number of H-pyrrole nitrogens is 2. The number of hydrogen-bond donors (Lipinski definition) is 2. The third-order valence-corrected chi connectivity index (χ3v) is 2.88. The Labute approximate surface area is 102 Å². The van der Waals surface area contributed by atoms with Crippen LogP contribution in [-0.4, -0.2) is 9.97 Å². The molecule has 0 amide bonds. The van der Waals surface area contributed by atoms with Crippen molar-refractivity contribution in [3.05, 3.63) is 69.5 Å². The lowest BCUT2D eigenvalue weighted by atomic mass is 10.0. The molecule has 0 saturated carbocycles. The van der Waals surface area contributed by atoms with Gasteiger partial charge in [-0.25, -0.2) is 4.79 Å². The Balaban J connectivity index is 2.25. The molecule has 1 aromatic heterocycles. The smallest absolute Gasteiger partial charge is 0.313 e. The van der Waals surface area contributed by atoms with Crippen LogP contribution in [0.4, 0.5) is 0 Å². The van der Waals surface area contributed by atoms with Crippen LogP contribution in [0.5, 0.6) is 0 Å². The maximum atomic E-state index is 11.7. The van der Waals surface area contributed by atoms with E-state index in [1.54, 1.807) is 0 Å². The molecule has 0 bridgehead atoms. The molecule has 2 aromatic carbocycles. The van der Waals surface area contributed by atoms with E-state index in [0.717, 1.165) is 16.3 Å². The van der Waals surface area contributed by atoms with Crippen molar-refractivity contribution in [3.63, 3.8) is 0 Å². The summed E-state index contributed by atoms with van der Waals surface area (Å²) in [6.45, 7) is 0. The fraction of sp³-hybridized carbons (Fsp3) is 0. The van der Waals surface area contributed by atoms with E-state index in [1.807, 2.05) is 42.5 Å². The maximum absolute atomic E-state index is 11.7. The summed E-state index contributed by atoms with van der Waals surface area (Å²) in [5.74, 6) is 0. The molecule has 1 heterocycles. The van der Waals surface area contributed by atoms with Crippen LogP contribution in [0, 0.1) is 0 Å². The van der Waals surface area contributed by atoms with E-state index in [0.29, 0.717) is 5.56 Å². The second-order valence-electron chi connectivity index (χ2n) is 4.05. The summed E-state index contributed by atoms with van der Waals surface area (Å²) in [4.78, 5) is 27.4. The first-order valence-electron chi connectivity index (χ1n) is 5.55. The van der Waals surface area contributed by atoms with Crippen molar-refractivity contribution >= 4 is 10.8 Å². The Morgan fingerprint density at radius 1 is 0.889 bits per heavy atom. The van der Waals surface area contributed by atoms with Crippen molar-refractivity contribution in [2.24, 2.45) is 0 Å². The second-order valence-corrected chi connectivity index (χ2v) is 4.05. The number of benzene rings is 2. The van der Waals surface area contributed by atoms with E-state index < -0.39 is 5.69 Å². The van der Waals surface area contributed by atoms with Crippen LogP contribution in [0.25, 0.3) is 21.9 Å². The number of nitrogens with one attached hydrogen (secondary N) is 2. The second kappa shape index (κ2) is 4.00. The van der Waals surface area contributed by atoms with Crippen LogP contribution < -0.4 is 11.2 Å². The van der Waals surface area contributed by atoms with Gasteiger partial charge in [-0.2, -0.15) is 0 Å². The van der Waals surface area contributed by atoms with E-state index in [-0.39, 0.29) is 5.56 Å². The monoisotopic (exact) mass is 238 g/mol. The van der Waals surface area contributed by atoms with Crippen molar-refractivity contribution < 1.29 is 0 Å². The third kappa shape index (κ3) is 1.73. The first-order chi connectivity index (χ1) is 8.74. The first kappa shape index (κ1) is 10.5. The Bertz CT molecular complexity index is 831. The zero-order valence-corrected chi connectivity index (χ0v) is 9.44. The van der Waals surface area contributed by atoms with E-state index >= 15 is 0 Å². The molecule has 0 unspecified atom stereocenters. The van der Waals surface area contributed by atoms with Crippen molar-refractivity contribution in [1.29, 1.82) is 0 Å². The number of aromatic nitrogens is 2. The Morgan fingerprint density at radius 2 is 1.67 bits per heavy atom. The highest BCUT2D eigenvalue weighted by molar-refractivity contribution is 5.87. The Morgan fingerprint density at radius 3 is 2.44 bits per heavy atom. The van der Waals surface area contributed by atoms with Crippen molar-refractivity contribution in [3.8, 4) is 11.1 Å². The summed E-state index contributed by atoms with van der Waals surface area (Å²) < 4.78 is 0. The molecule has 88 valence electrons. The van der Waals surface area contributed by atoms with Gasteiger partial charge in [0.15, 0.2) is 0 Å². The highest BCUT2D eigenvalue weighted by Gasteiger charge is 2.04. The largest absolute Gasteiger partial charge is 0.325 e. The molecule has 0 radical (unpaired) electrons. The van der Waals surface area contributed by atoms with E-state index in [9.17, 15) is 9.59 Å². The average molecular weight is 238 g/mol. The van der Waals surface area contributed by atoms with Gasteiger partial charge >= 0.3 is 5.69 Å². The Kier molecular flexibility index (Phi) is 2.34. The maximum Gasteiger partial charge on any atom is 0.325 e. The lowest BCUT2D eigenvalue weighted by Crippen LogP contribution is -2.22. The quantitative estimate of drug-likeness (QED) is 0.679. The fourth-order valence-corrected chi connectivity index (χ4v) is 1.98. The molecule has 3 aromatic rings. The lowest BCUT2D eigenvalue weighted by molar-refractivity contribution is 1.04. The van der Waals surface area contributed by atoms with Crippen molar-refractivity contribution in [2.45, 2.75) is 0 Å². The predicted molar refractivity (Wildman–Crippen MR) is 70.6 cm³/mol. The predicted octanol–water partition coefficient (Wildman–Crippen LogP) is 1.88. The van der Waals surface area contributed by atoms with Crippen LogP contribution in [0.3, 0.4) is 0 Å². The van der Waals surface area contributed by atoms with Gasteiger partial charge < -0.3 is 4.98 Å². The van der Waals surface area contributed by atoms with E-state index in [2.05, 4.69) is 9.97 Å². The van der Waals surface area contributed by atoms with Gasteiger partial charge in [-0.15, -0.1) is 0 Å². The van der Waals surface area contributed by atoms with E-state index in [1.165, 1.54) is 6.20 Å². The molecule has 4 nitrogen and oxygen atoms in total. The van der Waals surface area contributed by atoms with Gasteiger partial charge in [-0.3, -0.25) is 9.78 Å². The number of fused-ring (bicyclic) bond motifs is 1. The van der Waals surface area contributed by atoms with Crippen LogP contribution in [0.1, 0.15) is 0 Å². The molecular weight excluding hydrogens is 228 g/mol. The molecule has 0 spiro atoms. The standard InChI is InChI=1S/C14H10N2O2/c17-13-12(8-15-14(18)16-13)11-6-5-9-3-1-2-4-10(9)7-11/h1-8H,(H2,15,16,17,18). The van der Waals surface area contributed by atoms with Crippen LogP contribution in [0.2, 0.25) is 0 Å². The van der Waals surface area contributed by atoms with Crippen LogP contribution >= 0.6 is 0 Å². The minimum Gasteiger partial charge on any atom is -0.313 e. The lowest BCUT2D eigenvalue weighted by Gasteiger charge is -2.02. The SMILES string of the molecule is O=c1[nH]cc(-c2ccc3ccccc3c2)c(=O)[nH]1. The van der Waals surface area contributed by atoms with Crippen molar-refractivity contribution in [1.82, 2.24) is 9.97 Å². The first-order valence-corrected chi connectivity index (χ1v) is 5.55. The molecular formula is C14H10N2O2. The summed E-state index contributed by atoms with van der Waals surface area (Å²) in [6, 6.07) is 13.7. The molecule has 0 saturated heterocycles. The normalized spacial score (nSPS) is 10.7. The van der Waals surface area contributed by atoms with Gasteiger partial charge in [0, 0.05) is 6.20 Å². The third-order valence-electron chi connectivity index (χ3n) is 2.88. The molecule has 0 aliphatic rings. The van der Waals surface area contributed by atoms with Gasteiger partial charge in [0.2, 0.25) is 0 Å². The summed E-state index contributed by atoms with van der Waals surface area (Å²) in [6.07, 6.45) is 1.44. The molecule has 4 heteroatoms. The van der Waals surface area contributed by atoms with Crippen LogP contribution in [-0.2, 0) is 0 Å². The molecule has 0 atom stereocenters. The zero-order chi connectivity index (χ0) is 12.5. The molecule has 2 N–H and O–H groups in total. The molecule has 0 aliphatic heterocycles. The molecule has 18 heavy (non-hydrogen) atoms. The van der Waals surface area contributed by atoms with Gasteiger partial charge in [0.25, 0.3) is 5.56 Å². The minimum absolute atomic E-state index is 0.381. The van der Waals surface area contributed by atoms with Gasteiger partial charge in [0.1, 0.15) is 0 Å². The Hall–Kier alpha value is -2.62. The van der Waals surface area contributed by atoms with Gasteiger partial charge in [0.05, 0.1) is 5.56 Å². The number of hydrogen-bond acceptors (Lipinski definition) is 2. The summed E-state index contributed by atoms with van der Waals surface area (Å²) >= 11 is 0. The highest BCUT2D eigenvalue weighted by Crippen LogP contribution is 2.21. The molecule has 0 aliphatic carbocycles. The van der Waals surface area contributed by atoms with Gasteiger partial charge in [-0.05, 0) is 22.4 Å². The zero-order valence-electron chi connectivity index (χ0n) is 9.44. The fourth-order valence-electron chi connectivity index (χ4n) is 1.98. The molecule has 0 fully saturated rings. The summed E-state index contributed by atoms with van der Waals surface area (Å²) in [5, 5.41) is 2.17. The molecule has 3 rings (SSSR count). The van der Waals surface area contributed by atoms with Crippen molar-refractivity contribution in [2.75, 3.05) is 0 Å². The number of rotatable bonds is 1. The van der Waals surface area contributed by atoms with Gasteiger partial charge in [-0.1, -0.05) is 36.4 Å². The van der Waals surface area contributed by atoms with E-state index in [4.69, 9.17) is 0 Å². The topological polar surface area (TPSA) is 65.7 Å². The average Bonchev–Trinajstić information content (AvgIpc) is 2.38. The highest BCUT2D eigenvalue weighted by atomic mass is 16.2.